The Morgan fingerprint density at radius 2 is 1.08 bits per heavy atom. The maximum absolute atomic E-state index is 13.0. The van der Waals surface area contributed by atoms with Gasteiger partial charge in [0.2, 0.25) is 0 Å². The molecule has 1 aliphatic heterocycles. The van der Waals surface area contributed by atoms with Gasteiger partial charge in [0, 0.05) is 14.1 Å². The zero-order valence-corrected chi connectivity index (χ0v) is 11.4. The Kier molecular flexibility index (Phi) is 4.34. The molecular formula is C9H7F12N3. The highest BCUT2D eigenvalue weighted by Gasteiger charge is 2.89. The van der Waals surface area contributed by atoms with Crippen LogP contribution >= 0.6 is 0 Å². The van der Waals surface area contributed by atoms with Gasteiger partial charge in [0.1, 0.15) is 5.84 Å². The van der Waals surface area contributed by atoms with E-state index in [0.717, 1.165) is 0 Å². The van der Waals surface area contributed by atoms with Crippen molar-refractivity contribution in [1.82, 2.24) is 10.2 Å². The van der Waals surface area contributed by atoms with Crippen LogP contribution in [0, 0.1) is 0 Å². The molecular weight excluding hydrogens is 378 g/mol. The summed E-state index contributed by atoms with van der Waals surface area (Å²) in [6.45, 7) is 0. The number of nitrogens with one attached hydrogen (secondary N) is 1. The molecule has 0 unspecified atom stereocenters. The summed E-state index contributed by atoms with van der Waals surface area (Å²) in [6.07, 6.45) is -26.4. The molecule has 0 amide bonds. The second kappa shape index (κ2) is 5.05. The summed E-state index contributed by atoms with van der Waals surface area (Å²) in [6, 6.07) is 0. The van der Waals surface area contributed by atoms with Crippen LogP contribution in [0.25, 0.3) is 0 Å². The second-order valence-electron chi connectivity index (χ2n) is 4.68. The maximum atomic E-state index is 13.0. The first-order valence-electron chi connectivity index (χ1n) is 5.58. The fourth-order valence-electron chi connectivity index (χ4n) is 2.38. The molecule has 24 heavy (non-hydrogen) atoms. The normalized spacial score (nSPS) is 23.9. The number of alkyl halides is 12. The van der Waals surface area contributed by atoms with E-state index in [1.165, 1.54) is 0 Å². The van der Waals surface area contributed by atoms with E-state index in [-0.39, 0.29) is 19.4 Å². The number of hydrogen-bond donors (Lipinski definition) is 1. The molecule has 1 fully saturated rings. The Balaban J connectivity index is 3.95. The molecule has 142 valence electrons. The van der Waals surface area contributed by atoms with Crippen LogP contribution < -0.4 is 5.32 Å². The first-order valence-corrected chi connectivity index (χ1v) is 5.58. The van der Waals surface area contributed by atoms with Crippen molar-refractivity contribution in [2.24, 2.45) is 4.99 Å². The van der Waals surface area contributed by atoms with Gasteiger partial charge in [-0.1, -0.05) is 0 Å². The summed E-state index contributed by atoms with van der Waals surface area (Å²) in [4.78, 5) is 1.18. The third-order valence-corrected chi connectivity index (χ3v) is 3.41. The molecule has 0 aromatic heterocycles. The molecule has 0 saturated carbocycles. The third-order valence-electron chi connectivity index (χ3n) is 3.41. The number of amidine groups is 1. The Morgan fingerprint density at radius 1 is 0.750 bits per heavy atom. The van der Waals surface area contributed by atoms with Gasteiger partial charge in [0.05, 0.1) is 0 Å². The van der Waals surface area contributed by atoms with Crippen LogP contribution in [0.3, 0.4) is 0 Å². The molecule has 0 atom stereocenters. The van der Waals surface area contributed by atoms with Crippen molar-refractivity contribution in [2.75, 3.05) is 14.1 Å². The van der Waals surface area contributed by atoms with Gasteiger partial charge in [-0.05, 0) is 0 Å². The van der Waals surface area contributed by atoms with Crippen LogP contribution in [-0.4, -0.2) is 60.7 Å². The zero-order chi connectivity index (χ0) is 19.6. The Labute approximate surface area is 125 Å². The number of nitrogens with zero attached hydrogens (tertiary/aromatic N) is 2. The topological polar surface area (TPSA) is 27.6 Å². The predicted octanol–water partition coefficient (Wildman–Crippen LogP) is 3.23. The molecule has 1 rings (SSSR count). The molecule has 1 saturated heterocycles. The molecule has 0 aromatic rings. The monoisotopic (exact) mass is 385 g/mol. The van der Waals surface area contributed by atoms with Gasteiger partial charge in [-0.15, -0.1) is 0 Å². The molecule has 1 aliphatic rings. The number of hydrogen-bond acceptors (Lipinski definition) is 2. The van der Waals surface area contributed by atoms with Crippen LogP contribution in [0.2, 0.25) is 0 Å². The highest BCUT2D eigenvalue weighted by molar-refractivity contribution is 5.96. The highest BCUT2D eigenvalue weighted by Crippen LogP contribution is 2.56. The minimum Gasteiger partial charge on any atom is -0.328 e. The molecule has 0 radical (unpaired) electrons. The van der Waals surface area contributed by atoms with Crippen molar-refractivity contribution in [2.45, 2.75) is 35.9 Å². The summed E-state index contributed by atoms with van der Waals surface area (Å²) in [5, 5.41) is -0.276. The fourth-order valence-corrected chi connectivity index (χ4v) is 2.38. The van der Waals surface area contributed by atoms with Crippen molar-refractivity contribution in [3.05, 3.63) is 0 Å². The number of halogens is 12. The van der Waals surface area contributed by atoms with E-state index >= 15 is 0 Å². The van der Waals surface area contributed by atoms with E-state index < -0.39 is 46.6 Å². The van der Waals surface area contributed by atoms with Gasteiger partial charge in [-0.25, -0.2) is 0 Å². The highest BCUT2D eigenvalue weighted by atomic mass is 19.4. The van der Waals surface area contributed by atoms with Crippen LogP contribution in [0.1, 0.15) is 0 Å². The smallest absolute Gasteiger partial charge is 0.328 e. The Morgan fingerprint density at radius 3 is 1.25 bits per heavy atom. The maximum Gasteiger partial charge on any atom is 0.434 e. The third kappa shape index (κ3) is 2.30. The van der Waals surface area contributed by atoms with Crippen LogP contribution in [0.15, 0.2) is 4.99 Å². The van der Waals surface area contributed by atoms with E-state index in [9.17, 15) is 52.7 Å². The van der Waals surface area contributed by atoms with E-state index in [1.54, 1.807) is 0 Å². The predicted molar refractivity (Wildman–Crippen MR) is 53.9 cm³/mol. The average Bonchev–Trinajstić information content (AvgIpc) is 2.57. The lowest BCUT2D eigenvalue weighted by Gasteiger charge is -2.39. The van der Waals surface area contributed by atoms with Gasteiger partial charge in [-0.3, -0.25) is 10.3 Å². The molecule has 0 aliphatic carbocycles. The Hall–Kier alpha value is -1.41. The van der Waals surface area contributed by atoms with Gasteiger partial charge < -0.3 is 4.90 Å². The van der Waals surface area contributed by atoms with Gasteiger partial charge >= 0.3 is 24.7 Å². The molecule has 0 bridgehead atoms. The van der Waals surface area contributed by atoms with Crippen LogP contribution in [-0.2, 0) is 0 Å². The quantitative estimate of drug-likeness (QED) is 0.649. The van der Waals surface area contributed by atoms with Crippen LogP contribution in [0.4, 0.5) is 52.7 Å². The van der Waals surface area contributed by atoms with Gasteiger partial charge in [0.15, 0.2) is 0 Å². The molecule has 1 heterocycles. The van der Waals surface area contributed by atoms with Crippen molar-refractivity contribution in [3.63, 3.8) is 0 Å². The van der Waals surface area contributed by atoms with E-state index in [1.807, 2.05) is 0 Å². The standard InChI is InChI=1S/C9H7F12N3/c1-22-3-4(6(10,11)12,7(13,14)15)23-5(24(3)2,8(16,17)18)9(19,20)21/h23H,1-2H3. The van der Waals surface area contributed by atoms with Gasteiger partial charge in [-0.2, -0.15) is 52.7 Å². The summed E-state index contributed by atoms with van der Waals surface area (Å²) in [5.41, 5.74) is -11.3. The minimum atomic E-state index is -6.60. The number of aliphatic imine (C=N–C) groups is 1. The fraction of sp³-hybridized carbons (Fsp3) is 0.889. The SMILES string of the molecule is CN=C1N(C)C(C(F)(F)F)(C(F)(F)F)NC1(C(F)(F)F)C(F)(F)F. The van der Waals surface area contributed by atoms with E-state index in [4.69, 9.17) is 0 Å². The molecule has 0 spiro atoms. The summed E-state index contributed by atoms with van der Waals surface area (Å²) >= 11 is 0. The molecule has 1 N–H and O–H groups in total. The minimum absolute atomic E-state index is 0.211. The lowest BCUT2D eigenvalue weighted by Crippen LogP contribution is -2.75. The van der Waals surface area contributed by atoms with E-state index in [0.29, 0.717) is 0 Å². The van der Waals surface area contributed by atoms with Crippen molar-refractivity contribution < 1.29 is 52.7 Å². The van der Waals surface area contributed by atoms with Crippen molar-refractivity contribution in [3.8, 4) is 0 Å². The van der Waals surface area contributed by atoms with Gasteiger partial charge in [0.25, 0.3) is 11.2 Å². The summed E-state index contributed by atoms with van der Waals surface area (Å²) < 4.78 is 156. The second-order valence-corrected chi connectivity index (χ2v) is 4.68. The van der Waals surface area contributed by atoms with Crippen LogP contribution in [0.5, 0.6) is 0 Å². The summed E-state index contributed by atoms with van der Waals surface area (Å²) in [5.74, 6) is -2.52. The largest absolute Gasteiger partial charge is 0.434 e. The average molecular weight is 385 g/mol. The summed E-state index contributed by atoms with van der Waals surface area (Å²) in [7, 11) is -0.00187. The first-order chi connectivity index (χ1) is 10.3. The Bertz CT molecular complexity index is 494. The van der Waals surface area contributed by atoms with E-state index in [2.05, 4.69) is 4.99 Å². The molecule has 15 heteroatoms. The number of likely N-dealkylation sites (N-methyl/N-ethyl adjacent to an activating group) is 1. The number of rotatable bonds is 0. The molecule has 0 aromatic carbocycles. The first kappa shape index (κ1) is 20.6. The lowest BCUT2D eigenvalue weighted by atomic mass is 9.97. The van der Waals surface area contributed by atoms with Crippen molar-refractivity contribution in [1.29, 1.82) is 0 Å². The van der Waals surface area contributed by atoms with Crippen molar-refractivity contribution >= 4 is 5.84 Å². The lowest BCUT2D eigenvalue weighted by molar-refractivity contribution is -0.350. The zero-order valence-electron chi connectivity index (χ0n) is 11.4. The molecule has 3 nitrogen and oxygen atoms in total.